The molecule has 218 valence electrons. The SMILES string of the molecule is c1ccc(-c2ccc(-c3c4ccccc4c(-c4cccc5c4sc4c6ccccc6ccc54)c4ccccc34)c3ccccc23)cc1. The van der Waals surface area contributed by atoms with E-state index in [0.717, 1.165) is 0 Å². The molecule has 9 aromatic carbocycles. The maximum Gasteiger partial charge on any atom is 0.0434 e. The van der Waals surface area contributed by atoms with Crippen molar-refractivity contribution in [3.63, 3.8) is 0 Å². The summed E-state index contributed by atoms with van der Waals surface area (Å²) in [6.45, 7) is 0. The molecule has 0 spiro atoms. The number of rotatable bonds is 3. The van der Waals surface area contributed by atoms with Crippen LogP contribution in [0.1, 0.15) is 0 Å². The zero-order valence-electron chi connectivity index (χ0n) is 25.6. The van der Waals surface area contributed by atoms with Crippen LogP contribution in [0.2, 0.25) is 0 Å². The van der Waals surface area contributed by atoms with Crippen molar-refractivity contribution in [2.24, 2.45) is 0 Å². The van der Waals surface area contributed by atoms with Gasteiger partial charge in [-0.05, 0) is 70.9 Å². The standard InChI is InChI=1S/C46H28S/c1-2-13-29(14-3-1)31-27-28-39(34-18-7-6-17-33(31)34)43-35-19-8-10-21-37(35)44(38-22-11-9-20-36(38)43)42-24-12-23-40-41-26-25-30-15-4-5-16-32(30)45(41)47-46(40)42/h1-28H. The number of benzene rings is 9. The van der Waals surface area contributed by atoms with E-state index in [1.807, 2.05) is 11.3 Å². The number of hydrogen-bond donors (Lipinski definition) is 0. The number of thiophene rings is 1. The minimum atomic E-state index is 1.24. The highest BCUT2D eigenvalue weighted by Gasteiger charge is 2.21. The Bertz CT molecular complexity index is 2780. The Balaban J connectivity index is 1.31. The van der Waals surface area contributed by atoms with E-state index in [9.17, 15) is 0 Å². The van der Waals surface area contributed by atoms with Gasteiger partial charge >= 0.3 is 0 Å². The lowest BCUT2D eigenvalue weighted by molar-refractivity contribution is 1.64. The van der Waals surface area contributed by atoms with Crippen LogP contribution in [0, 0.1) is 0 Å². The summed E-state index contributed by atoms with van der Waals surface area (Å²) in [5.74, 6) is 0. The van der Waals surface area contributed by atoms with Crippen LogP contribution in [0.5, 0.6) is 0 Å². The van der Waals surface area contributed by atoms with Crippen LogP contribution in [0.25, 0.3) is 96.6 Å². The van der Waals surface area contributed by atoms with Crippen LogP contribution in [-0.2, 0) is 0 Å². The molecule has 0 atom stereocenters. The monoisotopic (exact) mass is 612 g/mol. The first-order valence-electron chi connectivity index (χ1n) is 16.2. The van der Waals surface area contributed by atoms with Gasteiger partial charge in [-0.1, -0.05) is 170 Å². The van der Waals surface area contributed by atoms with Gasteiger partial charge in [-0.15, -0.1) is 11.3 Å². The first kappa shape index (κ1) is 26.5. The molecule has 0 N–H and O–H groups in total. The van der Waals surface area contributed by atoms with Crippen LogP contribution < -0.4 is 0 Å². The summed E-state index contributed by atoms with van der Waals surface area (Å²) in [5, 5.41) is 13.0. The van der Waals surface area contributed by atoms with Crippen molar-refractivity contribution in [3.05, 3.63) is 170 Å². The molecule has 0 bridgehead atoms. The van der Waals surface area contributed by atoms with Gasteiger partial charge in [0, 0.05) is 25.7 Å². The van der Waals surface area contributed by atoms with Gasteiger partial charge in [-0.2, -0.15) is 0 Å². The molecule has 0 radical (unpaired) electrons. The van der Waals surface area contributed by atoms with Gasteiger partial charge in [0.2, 0.25) is 0 Å². The molecule has 0 fully saturated rings. The predicted molar refractivity (Wildman–Crippen MR) is 206 cm³/mol. The maximum absolute atomic E-state index is 2.34. The van der Waals surface area contributed by atoms with E-state index in [1.165, 1.54) is 96.6 Å². The minimum absolute atomic E-state index is 1.24. The lowest BCUT2D eigenvalue weighted by Gasteiger charge is -2.20. The average molecular weight is 613 g/mol. The smallest absolute Gasteiger partial charge is 0.0434 e. The molecular weight excluding hydrogens is 585 g/mol. The average Bonchev–Trinajstić information content (AvgIpc) is 3.54. The lowest BCUT2D eigenvalue weighted by Crippen LogP contribution is -1.92. The van der Waals surface area contributed by atoms with Crippen molar-refractivity contribution in [1.82, 2.24) is 0 Å². The highest BCUT2D eigenvalue weighted by molar-refractivity contribution is 7.27. The quantitative estimate of drug-likeness (QED) is 0.174. The van der Waals surface area contributed by atoms with Crippen molar-refractivity contribution >= 4 is 74.6 Å². The Morgan fingerprint density at radius 1 is 0.255 bits per heavy atom. The molecule has 0 aliphatic heterocycles. The molecule has 0 nitrogen and oxygen atoms in total. The molecule has 0 aliphatic carbocycles. The van der Waals surface area contributed by atoms with Gasteiger partial charge in [0.15, 0.2) is 0 Å². The summed E-state index contributed by atoms with van der Waals surface area (Å²) in [6.07, 6.45) is 0. The molecule has 0 unspecified atom stereocenters. The summed E-state index contributed by atoms with van der Waals surface area (Å²) < 4.78 is 2.71. The summed E-state index contributed by atoms with van der Waals surface area (Å²) in [4.78, 5) is 0. The van der Waals surface area contributed by atoms with Gasteiger partial charge < -0.3 is 0 Å². The Labute approximate surface area is 276 Å². The minimum Gasteiger partial charge on any atom is -0.134 e. The van der Waals surface area contributed by atoms with Crippen LogP contribution in [0.3, 0.4) is 0 Å². The van der Waals surface area contributed by atoms with Gasteiger partial charge in [-0.25, -0.2) is 0 Å². The Kier molecular flexibility index (Phi) is 5.85. The van der Waals surface area contributed by atoms with E-state index in [4.69, 9.17) is 0 Å². The van der Waals surface area contributed by atoms with Gasteiger partial charge in [0.1, 0.15) is 0 Å². The van der Waals surface area contributed by atoms with Crippen molar-refractivity contribution < 1.29 is 0 Å². The molecule has 0 amide bonds. The zero-order valence-corrected chi connectivity index (χ0v) is 26.4. The molecule has 0 saturated carbocycles. The fraction of sp³-hybridized carbons (Fsp3) is 0. The van der Waals surface area contributed by atoms with Crippen LogP contribution >= 0.6 is 11.3 Å². The van der Waals surface area contributed by atoms with Crippen molar-refractivity contribution in [3.8, 4) is 33.4 Å². The van der Waals surface area contributed by atoms with Crippen molar-refractivity contribution in [2.75, 3.05) is 0 Å². The third-order valence-corrected chi connectivity index (χ3v) is 11.2. The molecule has 10 aromatic rings. The van der Waals surface area contributed by atoms with Gasteiger partial charge in [0.25, 0.3) is 0 Å². The van der Waals surface area contributed by atoms with E-state index in [2.05, 4.69) is 170 Å². The number of hydrogen-bond acceptors (Lipinski definition) is 1. The molecule has 0 aliphatic rings. The molecule has 47 heavy (non-hydrogen) atoms. The summed E-state index contributed by atoms with van der Waals surface area (Å²) >= 11 is 1.93. The molecule has 1 aromatic heterocycles. The predicted octanol–water partition coefficient (Wildman–Crippen LogP) is 13.7. The first-order valence-corrected chi connectivity index (χ1v) is 17.0. The second kappa shape index (κ2) is 10.4. The van der Waals surface area contributed by atoms with Crippen molar-refractivity contribution in [1.29, 1.82) is 0 Å². The third kappa shape index (κ3) is 3.94. The summed E-state index contributed by atoms with van der Waals surface area (Å²) in [5.41, 5.74) is 7.68. The van der Waals surface area contributed by atoms with E-state index >= 15 is 0 Å². The van der Waals surface area contributed by atoms with E-state index < -0.39 is 0 Å². The molecule has 1 heterocycles. The molecule has 0 saturated heterocycles. The van der Waals surface area contributed by atoms with Crippen molar-refractivity contribution in [2.45, 2.75) is 0 Å². The van der Waals surface area contributed by atoms with Gasteiger partial charge in [-0.3, -0.25) is 0 Å². The Morgan fingerprint density at radius 3 is 1.43 bits per heavy atom. The van der Waals surface area contributed by atoms with E-state index in [-0.39, 0.29) is 0 Å². The second-order valence-corrected chi connectivity index (χ2v) is 13.4. The van der Waals surface area contributed by atoms with E-state index in [1.54, 1.807) is 0 Å². The number of fused-ring (bicyclic) bond motifs is 8. The second-order valence-electron chi connectivity index (χ2n) is 12.4. The fourth-order valence-corrected chi connectivity index (χ4v) is 9.17. The summed E-state index contributed by atoms with van der Waals surface area (Å²) in [6, 6.07) is 62.6. The summed E-state index contributed by atoms with van der Waals surface area (Å²) in [7, 11) is 0. The van der Waals surface area contributed by atoms with Crippen LogP contribution in [-0.4, -0.2) is 0 Å². The highest BCUT2D eigenvalue weighted by Crippen LogP contribution is 2.49. The van der Waals surface area contributed by atoms with Crippen LogP contribution in [0.4, 0.5) is 0 Å². The van der Waals surface area contributed by atoms with Crippen LogP contribution in [0.15, 0.2) is 170 Å². The largest absolute Gasteiger partial charge is 0.134 e. The lowest BCUT2D eigenvalue weighted by atomic mass is 9.83. The van der Waals surface area contributed by atoms with Gasteiger partial charge in [0.05, 0.1) is 0 Å². The molecule has 10 rings (SSSR count). The molecular formula is C46H28S. The third-order valence-electron chi connectivity index (χ3n) is 9.87. The first-order chi connectivity index (χ1) is 23.3. The molecule has 1 heteroatoms. The highest BCUT2D eigenvalue weighted by atomic mass is 32.1. The Hall–Kier alpha value is -5.76. The fourth-order valence-electron chi connectivity index (χ4n) is 7.82. The normalized spacial score (nSPS) is 11.8. The zero-order chi connectivity index (χ0) is 30.9. The maximum atomic E-state index is 2.34. The topological polar surface area (TPSA) is 0 Å². The van der Waals surface area contributed by atoms with E-state index in [0.29, 0.717) is 0 Å². The Morgan fingerprint density at radius 2 is 0.745 bits per heavy atom.